The first kappa shape index (κ1) is 21.1. The van der Waals surface area contributed by atoms with Crippen LogP contribution in [-0.2, 0) is 17.8 Å². The molecule has 2 amide bonds. The summed E-state index contributed by atoms with van der Waals surface area (Å²) in [6.07, 6.45) is 0.104. The van der Waals surface area contributed by atoms with E-state index in [9.17, 15) is 9.59 Å². The highest BCUT2D eigenvalue weighted by atomic mass is 16.5. The van der Waals surface area contributed by atoms with Crippen LogP contribution in [0.2, 0.25) is 0 Å². The van der Waals surface area contributed by atoms with Gasteiger partial charge in [0.1, 0.15) is 5.75 Å². The van der Waals surface area contributed by atoms with Crippen molar-refractivity contribution in [3.8, 4) is 5.75 Å². The zero-order chi connectivity index (χ0) is 21.3. The molecule has 0 fully saturated rings. The Labute approximate surface area is 177 Å². The van der Waals surface area contributed by atoms with Gasteiger partial charge in [-0.2, -0.15) is 0 Å². The second-order valence-corrected chi connectivity index (χ2v) is 6.92. The number of hydrogen-bond donors (Lipinski definition) is 2. The van der Waals surface area contributed by atoms with Crippen molar-refractivity contribution in [3.63, 3.8) is 0 Å². The Kier molecular flexibility index (Phi) is 7.22. The molecule has 0 aliphatic heterocycles. The molecule has 0 aliphatic rings. The van der Waals surface area contributed by atoms with E-state index in [1.54, 1.807) is 31.2 Å². The highest BCUT2D eigenvalue weighted by Crippen LogP contribution is 2.21. The lowest BCUT2D eigenvalue weighted by Gasteiger charge is -2.18. The average molecular weight is 402 g/mol. The van der Waals surface area contributed by atoms with Crippen LogP contribution in [0.3, 0.4) is 0 Å². The number of aryl methyl sites for hydroxylation is 1. The predicted octanol–water partition coefficient (Wildman–Crippen LogP) is 4.59. The lowest BCUT2D eigenvalue weighted by molar-refractivity contribution is -0.122. The molecular formula is C25H26N2O3. The number of para-hydroxylation sites is 2. The van der Waals surface area contributed by atoms with Gasteiger partial charge in [0.15, 0.2) is 6.10 Å². The molecule has 0 saturated carbocycles. The summed E-state index contributed by atoms with van der Waals surface area (Å²) in [4.78, 5) is 25.4. The maximum absolute atomic E-state index is 12.7. The first-order chi connectivity index (χ1) is 14.6. The van der Waals surface area contributed by atoms with Crippen LogP contribution in [0.5, 0.6) is 5.75 Å². The minimum absolute atomic E-state index is 0.250. The number of ether oxygens (including phenoxy) is 1. The van der Waals surface area contributed by atoms with Crippen LogP contribution in [0.1, 0.15) is 35.3 Å². The third kappa shape index (κ3) is 5.47. The van der Waals surface area contributed by atoms with E-state index >= 15 is 0 Å². The number of carbonyl (C=O) groups is 2. The number of hydrogen-bond acceptors (Lipinski definition) is 3. The average Bonchev–Trinajstić information content (AvgIpc) is 2.78. The normalized spacial score (nSPS) is 11.4. The summed E-state index contributed by atoms with van der Waals surface area (Å²) in [7, 11) is 0. The molecule has 5 heteroatoms. The lowest BCUT2D eigenvalue weighted by Crippen LogP contribution is -2.32. The smallest absolute Gasteiger partial charge is 0.265 e. The van der Waals surface area contributed by atoms with Crippen molar-refractivity contribution in [2.45, 2.75) is 32.9 Å². The minimum atomic E-state index is -0.710. The number of benzene rings is 3. The molecule has 0 saturated heterocycles. The second-order valence-electron chi connectivity index (χ2n) is 6.92. The summed E-state index contributed by atoms with van der Waals surface area (Å²) in [5.41, 5.74) is 2.90. The quantitative estimate of drug-likeness (QED) is 0.579. The number of nitrogens with one attached hydrogen (secondary N) is 2. The van der Waals surface area contributed by atoms with Crippen molar-refractivity contribution >= 4 is 17.5 Å². The summed E-state index contributed by atoms with van der Waals surface area (Å²) in [6.45, 7) is 4.15. The third-order valence-corrected chi connectivity index (χ3v) is 4.75. The van der Waals surface area contributed by atoms with E-state index in [2.05, 4.69) is 10.6 Å². The molecule has 3 aromatic rings. The Morgan fingerprint density at radius 2 is 1.57 bits per heavy atom. The Morgan fingerprint density at radius 3 is 2.33 bits per heavy atom. The van der Waals surface area contributed by atoms with Gasteiger partial charge in [0.2, 0.25) is 0 Å². The number of amides is 2. The summed E-state index contributed by atoms with van der Waals surface area (Å²) in [5.74, 6) is 0.125. The standard InChI is InChI=1S/C25H26N2O3/c1-3-20-13-7-10-16-23(20)30-18(2)24(28)27-22-15-9-8-14-21(22)25(29)26-17-19-11-5-4-6-12-19/h4-16,18H,3,17H2,1-2H3,(H,26,29)(H,27,28)/t18-/m0/s1. The van der Waals surface area contributed by atoms with Gasteiger partial charge in [0.05, 0.1) is 11.3 Å². The van der Waals surface area contributed by atoms with Crippen molar-refractivity contribution in [3.05, 3.63) is 95.6 Å². The Morgan fingerprint density at radius 1 is 0.900 bits per heavy atom. The third-order valence-electron chi connectivity index (χ3n) is 4.75. The van der Waals surface area contributed by atoms with Gasteiger partial charge in [-0.05, 0) is 42.7 Å². The van der Waals surface area contributed by atoms with Crippen molar-refractivity contribution in [2.24, 2.45) is 0 Å². The molecule has 0 spiro atoms. The summed E-state index contributed by atoms with van der Waals surface area (Å²) < 4.78 is 5.86. The monoisotopic (exact) mass is 402 g/mol. The molecule has 30 heavy (non-hydrogen) atoms. The van der Waals surface area contributed by atoms with Crippen LogP contribution >= 0.6 is 0 Å². The second kappa shape index (κ2) is 10.3. The van der Waals surface area contributed by atoms with Crippen molar-refractivity contribution in [1.82, 2.24) is 5.32 Å². The maximum Gasteiger partial charge on any atom is 0.265 e. The molecule has 3 rings (SSSR count). The van der Waals surface area contributed by atoms with Crippen LogP contribution in [0, 0.1) is 0 Å². The fourth-order valence-corrected chi connectivity index (χ4v) is 3.05. The van der Waals surface area contributed by atoms with Crippen LogP contribution < -0.4 is 15.4 Å². The SMILES string of the molecule is CCc1ccccc1O[C@@H](C)C(=O)Nc1ccccc1C(=O)NCc1ccccc1. The van der Waals surface area contributed by atoms with Crippen LogP contribution in [0.4, 0.5) is 5.69 Å². The van der Waals surface area contributed by atoms with E-state index in [1.165, 1.54) is 0 Å². The van der Waals surface area contributed by atoms with E-state index < -0.39 is 6.10 Å². The molecular weight excluding hydrogens is 376 g/mol. The molecule has 2 N–H and O–H groups in total. The van der Waals surface area contributed by atoms with Gasteiger partial charge >= 0.3 is 0 Å². The highest BCUT2D eigenvalue weighted by molar-refractivity contribution is 6.04. The predicted molar refractivity (Wildman–Crippen MR) is 119 cm³/mol. The molecule has 154 valence electrons. The molecule has 0 radical (unpaired) electrons. The molecule has 0 bridgehead atoms. The lowest BCUT2D eigenvalue weighted by atomic mass is 10.1. The van der Waals surface area contributed by atoms with Crippen LogP contribution in [-0.4, -0.2) is 17.9 Å². The van der Waals surface area contributed by atoms with E-state index in [1.807, 2.05) is 61.5 Å². The van der Waals surface area contributed by atoms with Crippen molar-refractivity contribution < 1.29 is 14.3 Å². The molecule has 0 aromatic heterocycles. The minimum Gasteiger partial charge on any atom is -0.481 e. The summed E-state index contributed by atoms with van der Waals surface area (Å²) in [5, 5.41) is 5.71. The van der Waals surface area contributed by atoms with Crippen molar-refractivity contribution in [2.75, 3.05) is 5.32 Å². The zero-order valence-electron chi connectivity index (χ0n) is 17.2. The maximum atomic E-state index is 12.7. The number of carbonyl (C=O) groups excluding carboxylic acids is 2. The van der Waals surface area contributed by atoms with Crippen molar-refractivity contribution in [1.29, 1.82) is 0 Å². The van der Waals surface area contributed by atoms with E-state index in [4.69, 9.17) is 4.74 Å². The molecule has 0 unspecified atom stereocenters. The molecule has 5 nitrogen and oxygen atoms in total. The van der Waals surface area contributed by atoms with Gasteiger partial charge < -0.3 is 15.4 Å². The fourth-order valence-electron chi connectivity index (χ4n) is 3.05. The van der Waals surface area contributed by atoms with Crippen LogP contribution in [0.25, 0.3) is 0 Å². The van der Waals surface area contributed by atoms with E-state index in [-0.39, 0.29) is 11.8 Å². The summed E-state index contributed by atoms with van der Waals surface area (Å²) >= 11 is 0. The number of rotatable bonds is 8. The fraction of sp³-hybridized carbons (Fsp3) is 0.200. The first-order valence-corrected chi connectivity index (χ1v) is 10.0. The highest BCUT2D eigenvalue weighted by Gasteiger charge is 2.19. The zero-order valence-corrected chi connectivity index (χ0v) is 17.2. The van der Waals surface area contributed by atoms with Gasteiger partial charge in [-0.3, -0.25) is 9.59 Å². The Hall–Kier alpha value is -3.60. The molecule has 3 aromatic carbocycles. The summed E-state index contributed by atoms with van der Waals surface area (Å²) in [6, 6.07) is 24.3. The van der Waals surface area contributed by atoms with E-state index in [0.29, 0.717) is 23.5 Å². The Balaban J connectivity index is 1.66. The molecule has 0 aliphatic carbocycles. The first-order valence-electron chi connectivity index (χ1n) is 10.0. The largest absolute Gasteiger partial charge is 0.481 e. The topological polar surface area (TPSA) is 67.4 Å². The van der Waals surface area contributed by atoms with Gasteiger partial charge in [-0.1, -0.05) is 67.6 Å². The van der Waals surface area contributed by atoms with Gasteiger partial charge in [-0.25, -0.2) is 0 Å². The van der Waals surface area contributed by atoms with Gasteiger partial charge in [-0.15, -0.1) is 0 Å². The van der Waals surface area contributed by atoms with E-state index in [0.717, 1.165) is 17.5 Å². The molecule has 0 heterocycles. The van der Waals surface area contributed by atoms with Crippen LogP contribution in [0.15, 0.2) is 78.9 Å². The van der Waals surface area contributed by atoms with Gasteiger partial charge in [0, 0.05) is 6.54 Å². The molecule has 1 atom stereocenters. The number of anilines is 1. The van der Waals surface area contributed by atoms with Gasteiger partial charge in [0.25, 0.3) is 11.8 Å². The Bertz CT molecular complexity index is 1000.